The van der Waals surface area contributed by atoms with Crippen LogP contribution in [0.5, 0.6) is 0 Å². The molecule has 22 heavy (non-hydrogen) atoms. The van der Waals surface area contributed by atoms with Crippen LogP contribution in [0.15, 0.2) is 29.0 Å². The van der Waals surface area contributed by atoms with Crippen molar-refractivity contribution in [2.75, 3.05) is 23.3 Å². The lowest BCUT2D eigenvalue weighted by Crippen LogP contribution is -2.49. The van der Waals surface area contributed by atoms with Gasteiger partial charge in [0, 0.05) is 37.6 Å². The number of urea groups is 1. The summed E-state index contributed by atoms with van der Waals surface area (Å²) in [5.74, 6) is 1.76. The van der Waals surface area contributed by atoms with Gasteiger partial charge in [0.1, 0.15) is 5.76 Å². The average Bonchev–Trinajstić information content (AvgIpc) is 2.93. The minimum Gasteiger partial charge on any atom is -0.360 e. The van der Waals surface area contributed by atoms with Crippen molar-refractivity contribution in [1.82, 2.24) is 20.4 Å². The average molecular weight is 302 g/mol. The molecule has 0 spiro atoms. The Hall–Kier alpha value is -2.64. The molecule has 2 N–H and O–H groups in total. The number of hydrogen-bond acceptors (Lipinski definition) is 6. The molecule has 1 aliphatic rings. The number of rotatable bonds is 3. The van der Waals surface area contributed by atoms with Crippen LogP contribution in [0.4, 0.5) is 16.6 Å². The Morgan fingerprint density at radius 3 is 2.95 bits per heavy atom. The van der Waals surface area contributed by atoms with Gasteiger partial charge in [-0.05, 0) is 25.8 Å². The smallest absolute Gasteiger partial charge is 0.320 e. The van der Waals surface area contributed by atoms with Gasteiger partial charge in [0.25, 0.3) is 0 Å². The minimum atomic E-state index is -0.283. The monoisotopic (exact) mass is 302 g/mol. The first-order valence-electron chi connectivity index (χ1n) is 7.23. The third-order valence-electron chi connectivity index (χ3n) is 3.46. The third-order valence-corrected chi connectivity index (χ3v) is 3.46. The minimum absolute atomic E-state index is 0.0468. The number of nitrogens with zero attached hydrogens (tertiary/aromatic N) is 4. The normalized spacial score (nSPS) is 18.0. The highest BCUT2D eigenvalue weighted by Gasteiger charge is 2.23. The van der Waals surface area contributed by atoms with Crippen LogP contribution < -0.4 is 15.5 Å². The van der Waals surface area contributed by atoms with Gasteiger partial charge in [-0.25, -0.2) is 14.8 Å². The van der Waals surface area contributed by atoms with Gasteiger partial charge in [0.05, 0.1) is 0 Å². The summed E-state index contributed by atoms with van der Waals surface area (Å²) in [5, 5.41) is 9.34. The molecule has 3 rings (SSSR count). The molecule has 1 atom stereocenters. The van der Waals surface area contributed by atoms with Crippen LogP contribution in [0.2, 0.25) is 0 Å². The molecular formula is C14H18N6O2. The van der Waals surface area contributed by atoms with Crippen LogP contribution in [0.3, 0.4) is 0 Å². The molecule has 2 aromatic heterocycles. The van der Waals surface area contributed by atoms with E-state index in [0.717, 1.165) is 19.4 Å². The summed E-state index contributed by atoms with van der Waals surface area (Å²) in [6.07, 6.45) is 5.35. The largest absolute Gasteiger partial charge is 0.360 e. The highest BCUT2D eigenvalue weighted by Crippen LogP contribution is 2.15. The summed E-state index contributed by atoms with van der Waals surface area (Å²) in [7, 11) is 0. The van der Waals surface area contributed by atoms with E-state index in [1.807, 2.05) is 0 Å². The number of piperidine rings is 1. The van der Waals surface area contributed by atoms with Gasteiger partial charge in [0.2, 0.25) is 5.95 Å². The lowest BCUT2D eigenvalue weighted by molar-refractivity contribution is 0.246. The van der Waals surface area contributed by atoms with E-state index < -0.39 is 0 Å². The number of carbonyl (C=O) groups is 1. The van der Waals surface area contributed by atoms with E-state index in [1.54, 1.807) is 31.5 Å². The lowest BCUT2D eigenvalue weighted by Gasteiger charge is -2.32. The van der Waals surface area contributed by atoms with E-state index in [0.29, 0.717) is 24.1 Å². The zero-order valence-electron chi connectivity index (χ0n) is 12.3. The van der Waals surface area contributed by atoms with E-state index in [-0.39, 0.29) is 12.1 Å². The molecule has 3 heterocycles. The number of carbonyl (C=O) groups excluding carboxylic acids is 1. The van der Waals surface area contributed by atoms with Crippen molar-refractivity contribution >= 4 is 17.8 Å². The van der Waals surface area contributed by atoms with Crippen molar-refractivity contribution in [1.29, 1.82) is 0 Å². The van der Waals surface area contributed by atoms with Crippen molar-refractivity contribution in [2.45, 2.75) is 25.8 Å². The fourth-order valence-electron chi connectivity index (χ4n) is 2.49. The molecule has 2 aromatic rings. The van der Waals surface area contributed by atoms with Crippen molar-refractivity contribution in [3.05, 3.63) is 30.3 Å². The Labute approximate surface area is 127 Å². The Kier molecular flexibility index (Phi) is 4.17. The van der Waals surface area contributed by atoms with Crippen LogP contribution in [-0.2, 0) is 0 Å². The van der Waals surface area contributed by atoms with Crippen LogP contribution in [0, 0.1) is 6.92 Å². The number of nitrogens with one attached hydrogen (secondary N) is 2. The second kappa shape index (κ2) is 6.42. The Morgan fingerprint density at radius 1 is 1.41 bits per heavy atom. The quantitative estimate of drug-likeness (QED) is 0.893. The van der Waals surface area contributed by atoms with Gasteiger partial charge >= 0.3 is 6.03 Å². The SMILES string of the molecule is Cc1cc(NC(=O)NC2CCCN(c3ncccn3)C2)no1. The molecule has 8 heteroatoms. The molecule has 2 amide bonds. The van der Waals surface area contributed by atoms with Crippen molar-refractivity contribution < 1.29 is 9.32 Å². The van der Waals surface area contributed by atoms with Crippen LogP contribution in [0.1, 0.15) is 18.6 Å². The van der Waals surface area contributed by atoms with Gasteiger partial charge in [-0.2, -0.15) is 0 Å². The van der Waals surface area contributed by atoms with E-state index in [9.17, 15) is 4.79 Å². The Morgan fingerprint density at radius 2 is 2.23 bits per heavy atom. The van der Waals surface area contributed by atoms with E-state index in [1.165, 1.54) is 0 Å². The van der Waals surface area contributed by atoms with E-state index >= 15 is 0 Å². The van der Waals surface area contributed by atoms with E-state index in [2.05, 4.69) is 30.7 Å². The molecular weight excluding hydrogens is 284 g/mol. The third kappa shape index (κ3) is 3.51. The Balaban J connectivity index is 1.55. The maximum absolute atomic E-state index is 12.0. The number of anilines is 2. The molecule has 1 aliphatic heterocycles. The topological polar surface area (TPSA) is 96.2 Å². The molecule has 1 saturated heterocycles. The first-order valence-corrected chi connectivity index (χ1v) is 7.23. The second-order valence-electron chi connectivity index (χ2n) is 5.26. The summed E-state index contributed by atoms with van der Waals surface area (Å²) < 4.78 is 4.91. The molecule has 8 nitrogen and oxygen atoms in total. The van der Waals surface area contributed by atoms with E-state index in [4.69, 9.17) is 4.52 Å². The summed E-state index contributed by atoms with van der Waals surface area (Å²) in [6.45, 7) is 3.36. The fourth-order valence-corrected chi connectivity index (χ4v) is 2.49. The molecule has 1 fully saturated rings. The second-order valence-corrected chi connectivity index (χ2v) is 5.26. The van der Waals surface area contributed by atoms with Crippen LogP contribution >= 0.6 is 0 Å². The predicted molar refractivity (Wildman–Crippen MR) is 80.7 cm³/mol. The highest BCUT2D eigenvalue weighted by molar-refractivity contribution is 5.88. The first kappa shape index (κ1) is 14.3. The van der Waals surface area contributed by atoms with Gasteiger partial charge in [-0.1, -0.05) is 5.16 Å². The van der Waals surface area contributed by atoms with Crippen molar-refractivity contribution in [2.24, 2.45) is 0 Å². The number of aryl methyl sites for hydroxylation is 1. The maximum Gasteiger partial charge on any atom is 0.320 e. The lowest BCUT2D eigenvalue weighted by atomic mass is 10.1. The Bertz CT molecular complexity index is 629. The number of aromatic nitrogens is 3. The zero-order valence-corrected chi connectivity index (χ0v) is 12.3. The molecule has 116 valence electrons. The van der Waals surface area contributed by atoms with Gasteiger partial charge in [-0.15, -0.1) is 0 Å². The standard InChI is InChI=1S/C14H18N6O2/c1-10-8-12(19-22-10)18-14(21)17-11-4-2-7-20(9-11)13-15-5-3-6-16-13/h3,5-6,8,11H,2,4,7,9H2,1H3,(H2,17,18,19,21). The molecule has 0 aromatic carbocycles. The maximum atomic E-state index is 12.0. The molecule has 0 saturated carbocycles. The summed E-state index contributed by atoms with van der Waals surface area (Å²) in [5.41, 5.74) is 0. The summed E-state index contributed by atoms with van der Waals surface area (Å²) in [4.78, 5) is 22.6. The van der Waals surface area contributed by atoms with Gasteiger partial charge in [0.15, 0.2) is 5.82 Å². The summed E-state index contributed by atoms with van der Waals surface area (Å²) >= 11 is 0. The fraction of sp³-hybridized carbons (Fsp3) is 0.429. The first-order chi connectivity index (χ1) is 10.7. The van der Waals surface area contributed by atoms with Crippen LogP contribution in [-0.4, -0.2) is 40.3 Å². The number of hydrogen-bond donors (Lipinski definition) is 2. The van der Waals surface area contributed by atoms with Crippen molar-refractivity contribution in [3.63, 3.8) is 0 Å². The predicted octanol–water partition coefficient (Wildman–Crippen LogP) is 1.56. The molecule has 0 bridgehead atoms. The molecule has 1 unspecified atom stereocenters. The zero-order chi connectivity index (χ0) is 15.4. The van der Waals surface area contributed by atoms with Gasteiger partial charge in [-0.3, -0.25) is 5.32 Å². The van der Waals surface area contributed by atoms with Gasteiger partial charge < -0.3 is 14.7 Å². The van der Waals surface area contributed by atoms with Crippen LogP contribution in [0.25, 0.3) is 0 Å². The molecule has 0 radical (unpaired) electrons. The highest BCUT2D eigenvalue weighted by atomic mass is 16.5. The van der Waals surface area contributed by atoms with Crippen molar-refractivity contribution in [3.8, 4) is 0 Å². The summed E-state index contributed by atoms with van der Waals surface area (Å²) in [6, 6.07) is 3.22. The number of amides is 2. The molecule has 0 aliphatic carbocycles.